The number of nitrogens with one attached hydrogen (secondary N) is 2. The van der Waals surface area contributed by atoms with Crippen LogP contribution in [0.5, 0.6) is 0 Å². The molecule has 0 radical (unpaired) electrons. The standard InChI is InChI=1S/C18H21N3O2/c1-12-10-14(8-9-17(12)21(3)4)18(23)20-16-7-5-6-15(11-16)19-13(2)22/h5-11H,1-4H3,(H,19,22)(H,20,23). The van der Waals surface area contributed by atoms with Crippen LogP contribution in [0, 0.1) is 6.92 Å². The lowest BCUT2D eigenvalue weighted by Crippen LogP contribution is -2.14. The molecule has 0 aromatic heterocycles. The van der Waals surface area contributed by atoms with Crippen molar-refractivity contribution in [3.8, 4) is 0 Å². The quantitative estimate of drug-likeness (QED) is 0.911. The second-order valence-corrected chi connectivity index (χ2v) is 5.61. The van der Waals surface area contributed by atoms with E-state index in [1.807, 2.05) is 38.1 Å². The maximum absolute atomic E-state index is 12.4. The molecule has 2 aromatic rings. The summed E-state index contributed by atoms with van der Waals surface area (Å²) in [6, 6.07) is 12.6. The van der Waals surface area contributed by atoms with Gasteiger partial charge in [0.15, 0.2) is 0 Å². The van der Waals surface area contributed by atoms with Gasteiger partial charge in [-0.05, 0) is 48.9 Å². The van der Waals surface area contributed by atoms with Crippen LogP contribution < -0.4 is 15.5 Å². The van der Waals surface area contributed by atoms with Crippen LogP contribution in [0.3, 0.4) is 0 Å². The molecule has 0 aliphatic carbocycles. The zero-order valence-electron chi connectivity index (χ0n) is 13.8. The summed E-state index contributed by atoms with van der Waals surface area (Å²) in [4.78, 5) is 25.5. The van der Waals surface area contributed by atoms with Gasteiger partial charge in [-0.15, -0.1) is 0 Å². The summed E-state index contributed by atoms with van der Waals surface area (Å²) in [5.74, 6) is -0.332. The molecule has 0 atom stereocenters. The smallest absolute Gasteiger partial charge is 0.255 e. The average molecular weight is 311 g/mol. The number of anilines is 3. The van der Waals surface area contributed by atoms with Crippen molar-refractivity contribution in [2.24, 2.45) is 0 Å². The van der Waals surface area contributed by atoms with E-state index in [1.165, 1.54) is 6.92 Å². The fourth-order valence-corrected chi connectivity index (χ4v) is 2.38. The van der Waals surface area contributed by atoms with E-state index < -0.39 is 0 Å². The van der Waals surface area contributed by atoms with Gasteiger partial charge in [0, 0.05) is 43.6 Å². The third-order valence-electron chi connectivity index (χ3n) is 3.38. The van der Waals surface area contributed by atoms with Gasteiger partial charge in [-0.25, -0.2) is 0 Å². The molecular weight excluding hydrogens is 290 g/mol. The largest absolute Gasteiger partial charge is 0.377 e. The molecule has 0 spiro atoms. The van der Waals surface area contributed by atoms with E-state index in [2.05, 4.69) is 10.6 Å². The SMILES string of the molecule is CC(=O)Nc1cccc(NC(=O)c2ccc(N(C)C)c(C)c2)c1. The average Bonchev–Trinajstić information content (AvgIpc) is 2.46. The lowest BCUT2D eigenvalue weighted by atomic mass is 10.1. The Morgan fingerprint density at radius 1 is 0.957 bits per heavy atom. The number of nitrogens with zero attached hydrogens (tertiary/aromatic N) is 1. The van der Waals surface area contributed by atoms with Gasteiger partial charge in [0.1, 0.15) is 0 Å². The van der Waals surface area contributed by atoms with Crippen molar-refractivity contribution < 1.29 is 9.59 Å². The molecule has 0 aliphatic heterocycles. The molecule has 0 aliphatic rings. The van der Waals surface area contributed by atoms with Crippen molar-refractivity contribution in [3.05, 3.63) is 53.6 Å². The lowest BCUT2D eigenvalue weighted by molar-refractivity contribution is -0.114. The summed E-state index contributed by atoms with van der Waals surface area (Å²) in [6.45, 7) is 3.42. The first-order chi connectivity index (χ1) is 10.9. The molecule has 0 bridgehead atoms. The van der Waals surface area contributed by atoms with Crippen molar-refractivity contribution in [3.63, 3.8) is 0 Å². The van der Waals surface area contributed by atoms with Crippen LogP contribution in [0.4, 0.5) is 17.1 Å². The van der Waals surface area contributed by atoms with Crippen molar-refractivity contribution in [2.45, 2.75) is 13.8 Å². The first-order valence-corrected chi connectivity index (χ1v) is 7.34. The third kappa shape index (κ3) is 4.32. The molecule has 2 amide bonds. The first-order valence-electron chi connectivity index (χ1n) is 7.34. The molecule has 0 saturated carbocycles. The summed E-state index contributed by atoms with van der Waals surface area (Å²) in [7, 11) is 3.94. The Balaban J connectivity index is 2.16. The highest BCUT2D eigenvalue weighted by Crippen LogP contribution is 2.21. The number of rotatable bonds is 4. The van der Waals surface area contributed by atoms with E-state index in [0.717, 1.165) is 11.3 Å². The first kappa shape index (κ1) is 16.5. The number of carbonyl (C=O) groups excluding carboxylic acids is 2. The van der Waals surface area contributed by atoms with Crippen LogP contribution >= 0.6 is 0 Å². The highest BCUT2D eigenvalue weighted by Gasteiger charge is 2.09. The Morgan fingerprint density at radius 2 is 1.61 bits per heavy atom. The fraction of sp³-hybridized carbons (Fsp3) is 0.222. The highest BCUT2D eigenvalue weighted by molar-refractivity contribution is 6.05. The number of hydrogen-bond acceptors (Lipinski definition) is 3. The second kappa shape index (κ2) is 6.96. The Morgan fingerprint density at radius 3 is 2.17 bits per heavy atom. The van der Waals surface area contributed by atoms with Crippen LogP contribution in [-0.2, 0) is 4.79 Å². The number of amides is 2. The molecule has 0 saturated heterocycles. The van der Waals surface area contributed by atoms with E-state index in [1.54, 1.807) is 30.3 Å². The monoisotopic (exact) mass is 311 g/mol. The zero-order valence-corrected chi connectivity index (χ0v) is 13.8. The van der Waals surface area contributed by atoms with Crippen LogP contribution in [0.2, 0.25) is 0 Å². The lowest BCUT2D eigenvalue weighted by Gasteiger charge is -2.16. The minimum atomic E-state index is -0.182. The molecule has 120 valence electrons. The predicted octanol–water partition coefficient (Wildman–Crippen LogP) is 3.27. The Kier molecular flexibility index (Phi) is 5.01. The molecule has 0 heterocycles. The molecular formula is C18H21N3O2. The van der Waals surface area contributed by atoms with E-state index in [9.17, 15) is 9.59 Å². The molecule has 2 N–H and O–H groups in total. The van der Waals surface area contributed by atoms with Crippen LogP contribution in [0.15, 0.2) is 42.5 Å². The number of hydrogen-bond donors (Lipinski definition) is 2. The summed E-state index contributed by atoms with van der Waals surface area (Å²) in [5.41, 5.74) is 3.99. The minimum Gasteiger partial charge on any atom is -0.377 e. The van der Waals surface area contributed by atoms with Gasteiger partial charge in [-0.2, -0.15) is 0 Å². The Bertz CT molecular complexity index is 739. The van der Waals surface area contributed by atoms with Crippen molar-refractivity contribution in [1.29, 1.82) is 0 Å². The molecule has 2 aromatic carbocycles. The summed E-state index contributed by atoms with van der Waals surface area (Å²) in [5, 5.41) is 5.54. The molecule has 0 unspecified atom stereocenters. The maximum atomic E-state index is 12.4. The summed E-state index contributed by atoms with van der Waals surface area (Å²) in [6.07, 6.45) is 0. The van der Waals surface area contributed by atoms with Gasteiger partial charge in [-0.1, -0.05) is 6.07 Å². The van der Waals surface area contributed by atoms with Gasteiger partial charge in [0.05, 0.1) is 0 Å². The third-order valence-corrected chi connectivity index (χ3v) is 3.38. The number of aryl methyl sites for hydroxylation is 1. The van der Waals surface area contributed by atoms with Crippen molar-refractivity contribution in [2.75, 3.05) is 29.6 Å². The number of benzene rings is 2. The van der Waals surface area contributed by atoms with Gasteiger partial charge in [0.2, 0.25) is 5.91 Å². The Labute approximate surface area is 136 Å². The zero-order chi connectivity index (χ0) is 17.0. The minimum absolute atomic E-state index is 0.150. The highest BCUT2D eigenvalue weighted by atomic mass is 16.2. The molecule has 2 rings (SSSR count). The molecule has 5 heteroatoms. The maximum Gasteiger partial charge on any atom is 0.255 e. The molecule has 5 nitrogen and oxygen atoms in total. The van der Waals surface area contributed by atoms with Crippen LogP contribution in [0.25, 0.3) is 0 Å². The predicted molar refractivity (Wildman–Crippen MR) is 94.2 cm³/mol. The van der Waals surface area contributed by atoms with Gasteiger partial charge in [-0.3, -0.25) is 9.59 Å². The van der Waals surface area contributed by atoms with E-state index in [0.29, 0.717) is 16.9 Å². The van der Waals surface area contributed by atoms with Gasteiger partial charge < -0.3 is 15.5 Å². The Hall–Kier alpha value is -2.82. The van der Waals surface area contributed by atoms with E-state index in [4.69, 9.17) is 0 Å². The van der Waals surface area contributed by atoms with Crippen molar-refractivity contribution in [1.82, 2.24) is 0 Å². The molecule has 0 fully saturated rings. The van der Waals surface area contributed by atoms with Crippen molar-refractivity contribution >= 4 is 28.9 Å². The summed E-state index contributed by atoms with van der Waals surface area (Å²) < 4.78 is 0. The number of carbonyl (C=O) groups is 2. The van der Waals surface area contributed by atoms with E-state index >= 15 is 0 Å². The second-order valence-electron chi connectivity index (χ2n) is 5.61. The fourth-order valence-electron chi connectivity index (χ4n) is 2.38. The van der Waals surface area contributed by atoms with Gasteiger partial charge >= 0.3 is 0 Å². The van der Waals surface area contributed by atoms with Gasteiger partial charge in [0.25, 0.3) is 5.91 Å². The topological polar surface area (TPSA) is 61.4 Å². The normalized spacial score (nSPS) is 10.1. The van der Waals surface area contributed by atoms with E-state index in [-0.39, 0.29) is 11.8 Å². The van der Waals surface area contributed by atoms with Crippen LogP contribution in [-0.4, -0.2) is 25.9 Å². The van der Waals surface area contributed by atoms with Crippen LogP contribution in [0.1, 0.15) is 22.8 Å². The molecule has 23 heavy (non-hydrogen) atoms. The summed E-state index contributed by atoms with van der Waals surface area (Å²) >= 11 is 0.